The maximum absolute atomic E-state index is 12.1. The fourth-order valence-electron chi connectivity index (χ4n) is 2.14. The van der Waals surface area contributed by atoms with Gasteiger partial charge in [0, 0.05) is 12.0 Å². The number of hydrogen-bond acceptors (Lipinski definition) is 4. The Hall–Kier alpha value is -1.46. The van der Waals surface area contributed by atoms with Gasteiger partial charge in [-0.25, -0.2) is 0 Å². The number of nitrogens with one attached hydrogen (secondary N) is 1. The van der Waals surface area contributed by atoms with Gasteiger partial charge in [0.25, 0.3) is 0 Å². The molecule has 3 unspecified atom stereocenters. The Balaban J connectivity index is 0.00000576. The molecule has 3 N–H and O–H groups in total. The first-order valence-corrected chi connectivity index (χ1v) is 8.63. The SMILES string of the molecule is COc1cc(C(C)NC(=O)C(C)C(C)N)ccc1OCCC(C)C.Cl. The molecule has 0 bridgehead atoms. The molecule has 1 amide bonds. The molecular weight excluding hydrogens is 340 g/mol. The standard InChI is InChI=1S/C19H32N2O3.ClH/c1-12(2)9-10-24-17-8-7-16(11-18(17)23-6)15(5)21-19(22)13(3)14(4)20;/h7-8,11-15H,9-10,20H2,1-6H3,(H,21,22);1H. The van der Waals surface area contributed by atoms with Crippen LogP contribution in [0.2, 0.25) is 0 Å². The molecular formula is C19H33ClN2O3. The Morgan fingerprint density at radius 1 is 1.16 bits per heavy atom. The zero-order chi connectivity index (χ0) is 18.3. The van der Waals surface area contributed by atoms with Crippen molar-refractivity contribution in [3.05, 3.63) is 23.8 Å². The van der Waals surface area contributed by atoms with Gasteiger partial charge in [-0.15, -0.1) is 12.4 Å². The number of rotatable bonds is 9. The van der Waals surface area contributed by atoms with E-state index in [4.69, 9.17) is 15.2 Å². The van der Waals surface area contributed by atoms with Gasteiger partial charge in [-0.1, -0.05) is 26.8 Å². The summed E-state index contributed by atoms with van der Waals surface area (Å²) in [6.45, 7) is 10.6. The van der Waals surface area contributed by atoms with Crippen LogP contribution in [0.15, 0.2) is 18.2 Å². The van der Waals surface area contributed by atoms with Crippen LogP contribution in [-0.2, 0) is 4.79 Å². The van der Waals surface area contributed by atoms with Crippen molar-refractivity contribution in [3.8, 4) is 11.5 Å². The van der Waals surface area contributed by atoms with Crippen molar-refractivity contribution >= 4 is 18.3 Å². The lowest BCUT2D eigenvalue weighted by atomic mass is 10.0. The third kappa shape index (κ3) is 7.53. The summed E-state index contributed by atoms with van der Waals surface area (Å²) < 4.78 is 11.2. The van der Waals surface area contributed by atoms with E-state index in [1.807, 2.05) is 39.0 Å². The third-order valence-corrected chi connectivity index (χ3v) is 4.20. The lowest BCUT2D eigenvalue weighted by Crippen LogP contribution is -2.39. The fraction of sp³-hybridized carbons (Fsp3) is 0.632. The molecule has 3 atom stereocenters. The summed E-state index contributed by atoms with van der Waals surface area (Å²) in [4.78, 5) is 12.1. The minimum Gasteiger partial charge on any atom is -0.493 e. The van der Waals surface area contributed by atoms with Crippen LogP contribution >= 0.6 is 12.4 Å². The lowest BCUT2D eigenvalue weighted by molar-refractivity contribution is -0.125. The average molecular weight is 373 g/mol. The first kappa shape index (κ1) is 23.5. The van der Waals surface area contributed by atoms with Crippen molar-refractivity contribution in [3.63, 3.8) is 0 Å². The van der Waals surface area contributed by atoms with Gasteiger partial charge in [0.15, 0.2) is 11.5 Å². The molecule has 25 heavy (non-hydrogen) atoms. The van der Waals surface area contributed by atoms with Gasteiger partial charge < -0.3 is 20.5 Å². The fourth-order valence-corrected chi connectivity index (χ4v) is 2.14. The first-order chi connectivity index (χ1) is 11.3. The van der Waals surface area contributed by atoms with E-state index in [1.165, 1.54) is 0 Å². The van der Waals surface area contributed by atoms with Gasteiger partial charge in [0.1, 0.15) is 0 Å². The molecule has 0 saturated heterocycles. The Labute approximate surface area is 158 Å². The molecule has 1 aromatic carbocycles. The molecule has 0 aromatic heterocycles. The van der Waals surface area contributed by atoms with Gasteiger partial charge in [-0.05, 0) is 43.9 Å². The summed E-state index contributed by atoms with van der Waals surface area (Å²) in [7, 11) is 1.62. The van der Waals surface area contributed by atoms with E-state index in [-0.39, 0.29) is 36.3 Å². The number of methoxy groups -OCH3 is 1. The van der Waals surface area contributed by atoms with Crippen molar-refractivity contribution in [2.45, 2.75) is 53.1 Å². The minimum absolute atomic E-state index is 0. The van der Waals surface area contributed by atoms with Crippen molar-refractivity contribution in [2.75, 3.05) is 13.7 Å². The predicted octanol–water partition coefficient (Wildman–Crippen LogP) is 3.70. The van der Waals surface area contributed by atoms with Crippen LogP contribution in [0.5, 0.6) is 11.5 Å². The van der Waals surface area contributed by atoms with Gasteiger partial charge in [-0.3, -0.25) is 4.79 Å². The second-order valence-electron chi connectivity index (χ2n) is 6.82. The number of hydrogen-bond donors (Lipinski definition) is 2. The van der Waals surface area contributed by atoms with Crippen LogP contribution in [0, 0.1) is 11.8 Å². The van der Waals surface area contributed by atoms with Crippen molar-refractivity contribution in [1.82, 2.24) is 5.32 Å². The van der Waals surface area contributed by atoms with Crippen LogP contribution in [0.25, 0.3) is 0 Å². The highest BCUT2D eigenvalue weighted by Gasteiger charge is 2.20. The van der Waals surface area contributed by atoms with Crippen molar-refractivity contribution < 1.29 is 14.3 Å². The summed E-state index contributed by atoms with van der Waals surface area (Å²) >= 11 is 0. The molecule has 1 rings (SSSR count). The van der Waals surface area contributed by atoms with Crippen LogP contribution in [0.3, 0.4) is 0 Å². The lowest BCUT2D eigenvalue weighted by Gasteiger charge is -2.21. The molecule has 6 heteroatoms. The number of benzene rings is 1. The van der Waals surface area contributed by atoms with Crippen molar-refractivity contribution in [2.24, 2.45) is 17.6 Å². The van der Waals surface area contributed by atoms with E-state index in [2.05, 4.69) is 19.2 Å². The predicted molar refractivity (Wildman–Crippen MR) is 105 cm³/mol. The highest BCUT2D eigenvalue weighted by Crippen LogP contribution is 2.30. The maximum atomic E-state index is 12.1. The number of carbonyl (C=O) groups is 1. The van der Waals surface area contributed by atoms with E-state index < -0.39 is 0 Å². The van der Waals surface area contributed by atoms with E-state index in [0.29, 0.717) is 18.3 Å². The first-order valence-electron chi connectivity index (χ1n) is 8.63. The molecule has 0 spiro atoms. The van der Waals surface area contributed by atoms with E-state index in [9.17, 15) is 4.79 Å². The summed E-state index contributed by atoms with van der Waals surface area (Å²) in [5.74, 6) is 1.72. The van der Waals surface area contributed by atoms with Crippen LogP contribution in [0.4, 0.5) is 0 Å². The summed E-state index contributed by atoms with van der Waals surface area (Å²) in [6, 6.07) is 5.45. The van der Waals surface area contributed by atoms with Crippen LogP contribution in [0.1, 0.15) is 52.6 Å². The van der Waals surface area contributed by atoms with E-state index in [1.54, 1.807) is 7.11 Å². The number of amides is 1. The van der Waals surface area contributed by atoms with Gasteiger partial charge >= 0.3 is 0 Å². The Kier molecular flexibility index (Phi) is 10.6. The van der Waals surface area contributed by atoms with E-state index in [0.717, 1.165) is 17.7 Å². The van der Waals surface area contributed by atoms with Gasteiger partial charge in [0.05, 0.1) is 19.8 Å². The topological polar surface area (TPSA) is 73.6 Å². The molecule has 0 aliphatic heterocycles. The normalized spacial score (nSPS) is 14.2. The Morgan fingerprint density at radius 2 is 1.80 bits per heavy atom. The molecule has 144 valence electrons. The largest absolute Gasteiger partial charge is 0.493 e. The number of carbonyl (C=O) groups excluding carboxylic acids is 1. The molecule has 0 radical (unpaired) electrons. The molecule has 5 nitrogen and oxygen atoms in total. The van der Waals surface area contributed by atoms with Crippen LogP contribution < -0.4 is 20.5 Å². The molecule has 0 saturated carbocycles. The van der Waals surface area contributed by atoms with Gasteiger partial charge in [-0.2, -0.15) is 0 Å². The number of nitrogens with two attached hydrogens (primary N) is 1. The smallest absolute Gasteiger partial charge is 0.224 e. The molecule has 1 aromatic rings. The second kappa shape index (κ2) is 11.2. The third-order valence-electron chi connectivity index (χ3n) is 4.20. The minimum atomic E-state index is -0.229. The van der Waals surface area contributed by atoms with E-state index >= 15 is 0 Å². The maximum Gasteiger partial charge on any atom is 0.224 e. The van der Waals surface area contributed by atoms with Crippen LogP contribution in [-0.4, -0.2) is 25.7 Å². The molecule has 0 aliphatic rings. The molecule has 0 heterocycles. The second-order valence-corrected chi connectivity index (χ2v) is 6.82. The summed E-state index contributed by atoms with van der Waals surface area (Å²) in [5, 5.41) is 2.99. The Bertz CT molecular complexity index is 535. The zero-order valence-corrected chi connectivity index (χ0v) is 17.0. The summed E-state index contributed by atoms with van der Waals surface area (Å²) in [5.41, 5.74) is 6.75. The highest BCUT2D eigenvalue weighted by atomic mass is 35.5. The number of halogens is 1. The van der Waals surface area contributed by atoms with Gasteiger partial charge in [0.2, 0.25) is 5.91 Å². The molecule has 0 aliphatic carbocycles. The van der Waals surface area contributed by atoms with Crippen molar-refractivity contribution in [1.29, 1.82) is 0 Å². The highest BCUT2D eigenvalue weighted by molar-refractivity contribution is 5.85. The molecule has 0 fully saturated rings. The monoisotopic (exact) mass is 372 g/mol. The zero-order valence-electron chi connectivity index (χ0n) is 16.2. The quantitative estimate of drug-likeness (QED) is 0.693. The summed E-state index contributed by atoms with van der Waals surface area (Å²) in [6.07, 6.45) is 0.993. The number of ether oxygens (including phenoxy) is 2. The Morgan fingerprint density at radius 3 is 2.32 bits per heavy atom. The average Bonchev–Trinajstić information content (AvgIpc) is 2.53.